The van der Waals surface area contributed by atoms with E-state index < -0.39 is 29.6 Å². The highest BCUT2D eigenvalue weighted by atomic mass is 32.1. The molecule has 0 aliphatic heterocycles. The van der Waals surface area contributed by atoms with Crippen LogP contribution in [0.25, 0.3) is 10.6 Å². The minimum absolute atomic E-state index is 0.0686. The molecule has 0 spiro atoms. The molecular formula is C21H18F2N2O3S. The summed E-state index contributed by atoms with van der Waals surface area (Å²) in [7, 11) is 0. The SMILES string of the molecule is Cc1cccc(-c2nc(CC(=O)O[C@@H](C)C(=O)Nc3ccc(F)c(F)c3)cs2)c1. The zero-order valence-corrected chi connectivity index (χ0v) is 16.6. The number of rotatable bonds is 6. The summed E-state index contributed by atoms with van der Waals surface area (Å²) in [5.41, 5.74) is 2.69. The third-order valence-electron chi connectivity index (χ3n) is 4.01. The molecule has 1 aromatic heterocycles. The molecule has 0 saturated carbocycles. The van der Waals surface area contributed by atoms with Crippen molar-refractivity contribution in [3.63, 3.8) is 0 Å². The van der Waals surface area contributed by atoms with Gasteiger partial charge in [-0.05, 0) is 32.0 Å². The zero-order valence-electron chi connectivity index (χ0n) is 15.7. The van der Waals surface area contributed by atoms with E-state index in [1.807, 2.05) is 31.2 Å². The van der Waals surface area contributed by atoms with Crippen LogP contribution < -0.4 is 5.32 Å². The van der Waals surface area contributed by atoms with E-state index in [0.717, 1.165) is 28.3 Å². The maximum absolute atomic E-state index is 13.2. The number of halogens is 2. The Bertz CT molecular complexity index is 1050. The maximum Gasteiger partial charge on any atom is 0.312 e. The summed E-state index contributed by atoms with van der Waals surface area (Å²) in [4.78, 5) is 28.7. The Morgan fingerprint density at radius 2 is 1.97 bits per heavy atom. The molecule has 29 heavy (non-hydrogen) atoms. The molecule has 1 heterocycles. The topological polar surface area (TPSA) is 68.3 Å². The molecule has 1 atom stereocenters. The van der Waals surface area contributed by atoms with Gasteiger partial charge in [-0.3, -0.25) is 9.59 Å². The quantitative estimate of drug-likeness (QED) is 0.601. The average Bonchev–Trinajstić information content (AvgIpc) is 3.13. The van der Waals surface area contributed by atoms with E-state index in [1.54, 1.807) is 5.38 Å². The molecule has 0 saturated heterocycles. The highest BCUT2D eigenvalue weighted by Gasteiger charge is 2.19. The lowest BCUT2D eigenvalue weighted by atomic mass is 10.1. The van der Waals surface area contributed by atoms with Crippen molar-refractivity contribution in [2.24, 2.45) is 0 Å². The Morgan fingerprint density at radius 3 is 2.69 bits per heavy atom. The normalized spacial score (nSPS) is 11.7. The molecule has 2 aromatic carbocycles. The van der Waals surface area contributed by atoms with Gasteiger partial charge in [-0.25, -0.2) is 13.8 Å². The largest absolute Gasteiger partial charge is 0.452 e. The van der Waals surface area contributed by atoms with Crippen molar-refractivity contribution in [1.82, 2.24) is 4.98 Å². The van der Waals surface area contributed by atoms with Gasteiger partial charge in [0.1, 0.15) is 5.01 Å². The Kier molecular flexibility index (Phi) is 6.33. The van der Waals surface area contributed by atoms with Crippen LogP contribution in [0.15, 0.2) is 47.8 Å². The van der Waals surface area contributed by atoms with E-state index in [1.165, 1.54) is 24.3 Å². The summed E-state index contributed by atoms with van der Waals surface area (Å²) in [6.07, 6.45) is -1.18. The molecule has 0 radical (unpaired) electrons. The summed E-state index contributed by atoms with van der Waals surface area (Å²) in [6.45, 7) is 3.38. The lowest BCUT2D eigenvalue weighted by molar-refractivity contribution is -0.152. The van der Waals surface area contributed by atoms with Crippen LogP contribution in [0.1, 0.15) is 18.2 Å². The number of carbonyl (C=O) groups excluding carboxylic acids is 2. The molecule has 0 aliphatic rings. The van der Waals surface area contributed by atoms with Gasteiger partial charge in [0.05, 0.1) is 12.1 Å². The van der Waals surface area contributed by atoms with Gasteiger partial charge in [0.15, 0.2) is 17.7 Å². The van der Waals surface area contributed by atoms with E-state index in [-0.39, 0.29) is 12.1 Å². The molecule has 0 aliphatic carbocycles. The Balaban J connectivity index is 1.56. The molecular weight excluding hydrogens is 398 g/mol. The Morgan fingerprint density at radius 1 is 1.17 bits per heavy atom. The minimum atomic E-state index is -1.11. The molecule has 8 heteroatoms. The number of carbonyl (C=O) groups is 2. The number of nitrogens with zero attached hydrogens (tertiary/aromatic N) is 1. The number of hydrogen-bond donors (Lipinski definition) is 1. The lowest BCUT2D eigenvalue weighted by Crippen LogP contribution is -2.30. The Labute approximate surface area is 170 Å². The van der Waals surface area contributed by atoms with Crippen LogP contribution in [-0.2, 0) is 20.7 Å². The number of hydrogen-bond acceptors (Lipinski definition) is 5. The van der Waals surface area contributed by atoms with Crippen molar-refractivity contribution >= 4 is 28.9 Å². The molecule has 0 fully saturated rings. The van der Waals surface area contributed by atoms with Crippen LogP contribution in [0, 0.1) is 18.6 Å². The number of ether oxygens (including phenoxy) is 1. The second-order valence-corrected chi connectivity index (χ2v) is 7.30. The highest BCUT2D eigenvalue weighted by molar-refractivity contribution is 7.13. The van der Waals surface area contributed by atoms with E-state index in [4.69, 9.17) is 4.74 Å². The van der Waals surface area contributed by atoms with E-state index >= 15 is 0 Å². The number of aromatic nitrogens is 1. The monoisotopic (exact) mass is 416 g/mol. The van der Waals surface area contributed by atoms with Crippen molar-refractivity contribution in [2.45, 2.75) is 26.4 Å². The van der Waals surface area contributed by atoms with Gasteiger partial charge in [-0.1, -0.05) is 23.8 Å². The smallest absolute Gasteiger partial charge is 0.312 e. The number of benzene rings is 2. The van der Waals surface area contributed by atoms with Gasteiger partial charge in [0.2, 0.25) is 0 Å². The lowest BCUT2D eigenvalue weighted by Gasteiger charge is -2.13. The second kappa shape index (κ2) is 8.91. The van der Waals surface area contributed by atoms with E-state index in [9.17, 15) is 18.4 Å². The van der Waals surface area contributed by atoms with Crippen LogP contribution in [-0.4, -0.2) is 23.0 Å². The molecule has 150 valence electrons. The van der Waals surface area contributed by atoms with Crippen molar-refractivity contribution in [3.8, 4) is 10.6 Å². The number of aryl methyl sites for hydroxylation is 1. The number of amides is 1. The first-order chi connectivity index (χ1) is 13.8. The van der Waals surface area contributed by atoms with Gasteiger partial charge < -0.3 is 10.1 Å². The van der Waals surface area contributed by atoms with Gasteiger partial charge in [0.25, 0.3) is 5.91 Å². The number of anilines is 1. The zero-order chi connectivity index (χ0) is 21.0. The van der Waals surface area contributed by atoms with Crippen molar-refractivity contribution in [2.75, 3.05) is 5.32 Å². The standard InChI is InChI=1S/C21H18F2N2O3S/c1-12-4-3-5-14(8-12)21-25-16(11-29-21)10-19(26)28-13(2)20(27)24-15-6-7-17(22)18(23)9-15/h3-9,11,13H,10H2,1-2H3,(H,24,27)/t13-/m0/s1. The van der Waals surface area contributed by atoms with Crippen LogP contribution in [0.3, 0.4) is 0 Å². The third-order valence-corrected chi connectivity index (χ3v) is 4.95. The third kappa shape index (κ3) is 5.45. The van der Waals surface area contributed by atoms with Gasteiger partial charge in [-0.15, -0.1) is 11.3 Å². The molecule has 0 bridgehead atoms. The number of thiazole rings is 1. The molecule has 3 aromatic rings. The number of esters is 1. The fourth-order valence-corrected chi connectivity index (χ4v) is 3.37. The fraction of sp³-hybridized carbons (Fsp3) is 0.190. The number of nitrogens with one attached hydrogen (secondary N) is 1. The summed E-state index contributed by atoms with van der Waals surface area (Å²) >= 11 is 1.42. The summed E-state index contributed by atoms with van der Waals surface area (Å²) in [5.74, 6) is -3.36. The van der Waals surface area contributed by atoms with Gasteiger partial charge >= 0.3 is 5.97 Å². The van der Waals surface area contributed by atoms with Crippen molar-refractivity contribution < 1.29 is 23.1 Å². The van der Waals surface area contributed by atoms with Gasteiger partial charge in [0, 0.05) is 22.7 Å². The van der Waals surface area contributed by atoms with E-state index in [2.05, 4.69) is 10.3 Å². The molecule has 0 unspecified atom stereocenters. The first-order valence-corrected chi connectivity index (χ1v) is 9.66. The maximum atomic E-state index is 13.2. The van der Waals surface area contributed by atoms with Crippen LogP contribution in [0.4, 0.5) is 14.5 Å². The van der Waals surface area contributed by atoms with Crippen molar-refractivity contribution in [3.05, 3.63) is 70.7 Å². The molecule has 5 nitrogen and oxygen atoms in total. The van der Waals surface area contributed by atoms with Crippen LogP contribution >= 0.6 is 11.3 Å². The fourth-order valence-electron chi connectivity index (χ4n) is 2.56. The Hall–Kier alpha value is -3.13. The van der Waals surface area contributed by atoms with Crippen LogP contribution in [0.5, 0.6) is 0 Å². The second-order valence-electron chi connectivity index (χ2n) is 6.44. The van der Waals surface area contributed by atoms with Gasteiger partial charge in [-0.2, -0.15) is 0 Å². The minimum Gasteiger partial charge on any atom is -0.452 e. The molecule has 3 rings (SSSR count). The van der Waals surface area contributed by atoms with Crippen LogP contribution in [0.2, 0.25) is 0 Å². The molecule has 1 N–H and O–H groups in total. The predicted octanol–water partition coefficient (Wildman–Crippen LogP) is 4.51. The first-order valence-electron chi connectivity index (χ1n) is 8.78. The van der Waals surface area contributed by atoms with E-state index in [0.29, 0.717) is 5.69 Å². The first kappa shape index (κ1) is 20.6. The van der Waals surface area contributed by atoms with Crippen molar-refractivity contribution in [1.29, 1.82) is 0 Å². The summed E-state index contributed by atoms with van der Waals surface area (Å²) < 4.78 is 31.3. The average molecular weight is 416 g/mol. The molecule has 1 amide bonds. The highest BCUT2D eigenvalue weighted by Crippen LogP contribution is 2.24. The summed E-state index contributed by atoms with van der Waals surface area (Å²) in [6, 6.07) is 10.8. The predicted molar refractivity (Wildman–Crippen MR) is 107 cm³/mol. The summed E-state index contributed by atoms with van der Waals surface area (Å²) in [5, 5.41) is 4.93.